The van der Waals surface area contributed by atoms with Crippen LogP contribution in [0.1, 0.15) is 50.4 Å². The molecule has 0 spiro atoms. The first kappa shape index (κ1) is 21.6. The number of unbranched alkanes of at least 4 members (excludes halogenated alkanes) is 1. The molecule has 5 N–H and O–H groups in total. The van der Waals surface area contributed by atoms with E-state index in [1.807, 2.05) is 6.07 Å². The van der Waals surface area contributed by atoms with E-state index < -0.39 is 23.5 Å². The zero-order valence-electron chi connectivity index (χ0n) is 15.6. The van der Waals surface area contributed by atoms with Gasteiger partial charge in [0.2, 0.25) is 5.91 Å². The molecule has 0 saturated heterocycles. The topological polar surface area (TPSA) is 122 Å². The van der Waals surface area contributed by atoms with Crippen molar-refractivity contribution in [3.05, 3.63) is 35.9 Å². The summed E-state index contributed by atoms with van der Waals surface area (Å²) in [5.74, 6) is -1.97. The van der Waals surface area contributed by atoms with Crippen LogP contribution in [0.15, 0.2) is 30.3 Å². The van der Waals surface area contributed by atoms with E-state index in [0.717, 1.165) is 0 Å². The summed E-state index contributed by atoms with van der Waals surface area (Å²) in [5, 5.41) is 14.7. The summed E-state index contributed by atoms with van der Waals surface area (Å²) in [4.78, 5) is 35.4. The molecule has 1 aromatic carbocycles. The van der Waals surface area contributed by atoms with Gasteiger partial charge >= 0.3 is 5.97 Å². The first-order valence-electron chi connectivity index (χ1n) is 8.82. The number of nitrogens with one attached hydrogen (secondary N) is 2. The van der Waals surface area contributed by atoms with Gasteiger partial charge in [-0.15, -0.1) is 0 Å². The van der Waals surface area contributed by atoms with Gasteiger partial charge in [-0.25, -0.2) is 4.79 Å². The van der Waals surface area contributed by atoms with Crippen molar-refractivity contribution < 1.29 is 19.5 Å². The van der Waals surface area contributed by atoms with Crippen molar-refractivity contribution >= 4 is 17.8 Å². The zero-order chi connectivity index (χ0) is 19.7. The highest BCUT2D eigenvalue weighted by atomic mass is 16.4. The summed E-state index contributed by atoms with van der Waals surface area (Å²) in [5.41, 5.74) is 5.12. The monoisotopic (exact) mass is 363 g/mol. The predicted octanol–water partition coefficient (Wildman–Crippen LogP) is 1.53. The Morgan fingerprint density at radius 1 is 1.15 bits per heavy atom. The Morgan fingerprint density at radius 2 is 1.77 bits per heavy atom. The molecular weight excluding hydrogens is 334 g/mol. The molecule has 144 valence electrons. The van der Waals surface area contributed by atoms with Crippen LogP contribution in [0.2, 0.25) is 0 Å². The molecule has 26 heavy (non-hydrogen) atoms. The van der Waals surface area contributed by atoms with Crippen molar-refractivity contribution in [3.63, 3.8) is 0 Å². The minimum Gasteiger partial charge on any atom is -0.480 e. The lowest BCUT2D eigenvalue weighted by molar-refractivity contribution is -0.149. The maximum Gasteiger partial charge on any atom is 0.329 e. The van der Waals surface area contributed by atoms with Crippen LogP contribution in [0, 0.1) is 5.92 Å². The smallest absolute Gasteiger partial charge is 0.329 e. The summed E-state index contributed by atoms with van der Waals surface area (Å²) in [6, 6.07) is 8.14. The molecule has 0 aromatic heterocycles. The van der Waals surface area contributed by atoms with Gasteiger partial charge in [0.05, 0.1) is 6.04 Å². The maximum absolute atomic E-state index is 12.2. The van der Waals surface area contributed by atoms with E-state index >= 15 is 0 Å². The number of carbonyl (C=O) groups is 3. The number of carboxylic acids is 1. The SMILES string of the molecule is CC(C)C(C)(NC(=O)C(N)CCCCNC(=O)c1ccccc1)C(=O)O. The van der Waals surface area contributed by atoms with Crippen LogP contribution in [0.5, 0.6) is 0 Å². The largest absolute Gasteiger partial charge is 0.480 e. The third-order valence-electron chi connectivity index (χ3n) is 4.58. The van der Waals surface area contributed by atoms with Crippen LogP contribution < -0.4 is 16.4 Å². The fourth-order valence-corrected chi connectivity index (χ4v) is 2.31. The van der Waals surface area contributed by atoms with Crippen molar-refractivity contribution in [1.29, 1.82) is 0 Å². The first-order chi connectivity index (χ1) is 12.2. The Hall–Kier alpha value is -2.41. The molecule has 0 heterocycles. The number of hydrogen-bond donors (Lipinski definition) is 4. The summed E-state index contributed by atoms with van der Waals surface area (Å²) in [6.07, 6.45) is 1.75. The number of aliphatic carboxylic acids is 1. The molecule has 0 fully saturated rings. The minimum absolute atomic E-state index is 0.137. The molecule has 0 aliphatic carbocycles. The van der Waals surface area contributed by atoms with Gasteiger partial charge in [0, 0.05) is 12.1 Å². The Bertz CT molecular complexity index is 618. The average molecular weight is 363 g/mol. The molecule has 7 nitrogen and oxygen atoms in total. The second-order valence-electron chi connectivity index (χ2n) is 6.88. The van der Waals surface area contributed by atoms with Gasteiger partial charge in [-0.3, -0.25) is 9.59 Å². The molecule has 2 amide bonds. The molecule has 0 aliphatic heterocycles. The molecule has 0 radical (unpaired) electrons. The number of hydrogen-bond acceptors (Lipinski definition) is 4. The Balaban J connectivity index is 2.33. The van der Waals surface area contributed by atoms with Gasteiger partial charge in [0.1, 0.15) is 5.54 Å². The quantitative estimate of drug-likeness (QED) is 0.470. The van der Waals surface area contributed by atoms with Gasteiger partial charge in [-0.05, 0) is 44.2 Å². The van der Waals surface area contributed by atoms with Gasteiger partial charge in [-0.2, -0.15) is 0 Å². The van der Waals surface area contributed by atoms with E-state index in [-0.39, 0.29) is 11.8 Å². The zero-order valence-corrected chi connectivity index (χ0v) is 15.6. The third kappa shape index (κ3) is 6.15. The van der Waals surface area contributed by atoms with Crippen LogP contribution in [-0.2, 0) is 9.59 Å². The molecule has 1 rings (SSSR count). The van der Waals surface area contributed by atoms with Crippen molar-refractivity contribution in [1.82, 2.24) is 10.6 Å². The highest BCUT2D eigenvalue weighted by Gasteiger charge is 2.38. The van der Waals surface area contributed by atoms with Crippen LogP contribution >= 0.6 is 0 Å². The van der Waals surface area contributed by atoms with Gasteiger partial charge in [0.15, 0.2) is 0 Å². The van der Waals surface area contributed by atoms with Crippen molar-refractivity contribution in [2.75, 3.05) is 6.54 Å². The summed E-state index contributed by atoms with van der Waals surface area (Å²) in [6.45, 7) is 5.43. The third-order valence-corrected chi connectivity index (χ3v) is 4.58. The lowest BCUT2D eigenvalue weighted by Gasteiger charge is -2.31. The molecule has 2 unspecified atom stereocenters. The Morgan fingerprint density at radius 3 is 2.31 bits per heavy atom. The number of rotatable bonds is 10. The standard InChI is InChI=1S/C19H29N3O4/c1-13(2)19(3,18(25)26)22-17(24)15(20)11-7-8-12-21-16(23)14-9-5-4-6-10-14/h4-6,9-10,13,15H,7-8,11-12,20H2,1-3H3,(H,21,23)(H,22,24)(H,25,26). The fourth-order valence-electron chi connectivity index (χ4n) is 2.31. The highest BCUT2D eigenvalue weighted by molar-refractivity contribution is 5.94. The van der Waals surface area contributed by atoms with Crippen molar-refractivity contribution in [3.8, 4) is 0 Å². The van der Waals surface area contributed by atoms with E-state index in [2.05, 4.69) is 10.6 Å². The predicted molar refractivity (Wildman–Crippen MR) is 99.6 cm³/mol. The summed E-state index contributed by atoms with van der Waals surface area (Å²) < 4.78 is 0. The molecule has 2 atom stereocenters. The number of amides is 2. The molecule has 1 aromatic rings. The van der Waals surface area contributed by atoms with E-state index in [1.165, 1.54) is 6.92 Å². The Kier molecular flexibility index (Phi) is 8.25. The highest BCUT2D eigenvalue weighted by Crippen LogP contribution is 2.17. The lowest BCUT2D eigenvalue weighted by atomic mass is 9.88. The molecular formula is C19H29N3O4. The lowest BCUT2D eigenvalue weighted by Crippen LogP contribution is -2.59. The second kappa shape index (κ2) is 9.91. The van der Waals surface area contributed by atoms with Gasteiger partial charge in [-0.1, -0.05) is 32.0 Å². The molecule has 0 bridgehead atoms. The van der Waals surface area contributed by atoms with Crippen LogP contribution in [0.3, 0.4) is 0 Å². The van der Waals surface area contributed by atoms with Gasteiger partial charge < -0.3 is 21.5 Å². The second-order valence-corrected chi connectivity index (χ2v) is 6.88. The molecule has 0 saturated carbocycles. The summed E-state index contributed by atoms with van der Waals surface area (Å²) >= 11 is 0. The normalized spacial score (nSPS) is 14.3. The van der Waals surface area contributed by atoms with Crippen LogP contribution in [0.4, 0.5) is 0 Å². The number of benzene rings is 1. The van der Waals surface area contributed by atoms with E-state index in [1.54, 1.807) is 38.1 Å². The minimum atomic E-state index is -1.35. The van der Waals surface area contributed by atoms with Crippen LogP contribution in [-0.4, -0.2) is 41.0 Å². The fraction of sp³-hybridized carbons (Fsp3) is 0.526. The van der Waals surface area contributed by atoms with Gasteiger partial charge in [0.25, 0.3) is 5.91 Å². The van der Waals surface area contributed by atoms with Crippen molar-refractivity contribution in [2.24, 2.45) is 11.7 Å². The molecule has 7 heteroatoms. The number of carbonyl (C=O) groups excluding carboxylic acids is 2. The number of carboxylic acid groups (broad SMARTS) is 1. The summed E-state index contributed by atoms with van der Waals surface area (Å²) in [7, 11) is 0. The van der Waals surface area contributed by atoms with Crippen LogP contribution in [0.25, 0.3) is 0 Å². The van der Waals surface area contributed by atoms with E-state index in [4.69, 9.17) is 5.73 Å². The Labute approximate surface area is 154 Å². The van der Waals surface area contributed by atoms with E-state index in [0.29, 0.717) is 31.4 Å². The van der Waals surface area contributed by atoms with E-state index in [9.17, 15) is 19.5 Å². The van der Waals surface area contributed by atoms with Crippen molar-refractivity contribution in [2.45, 2.75) is 51.6 Å². The molecule has 0 aliphatic rings. The first-order valence-corrected chi connectivity index (χ1v) is 8.82. The number of nitrogens with two attached hydrogens (primary N) is 1. The average Bonchev–Trinajstić information content (AvgIpc) is 2.61. The maximum atomic E-state index is 12.2.